The van der Waals surface area contributed by atoms with E-state index < -0.39 is 5.54 Å². The SMILES string of the molecule is C=C(C)c1cccc(C(C)(C)NC(=O)NCCc2cccc(OC)c2)c1. The van der Waals surface area contributed by atoms with Crippen LogP contribution < -0.4 is 15.4 Å². The van der Waals surface area contributed by atoms with Gasteiger partial charge in [-0.05, 0) is 62.1 Å². The molecule has 0 fully saturated rings. The van der Waals surface area contributed by atoms with Gasteiger partial charge in [-0.1, -0.05) is 42.5 Å². The van der Waals surface area contributed by atoms with Crippen LogP contribution in [0.4, 0.5) is 4.79 Å². The van der Waals surface area contributed by atoms with Crippen LogP contribution in [-0.4, -0.2) is 19.7 Å². The van der Waals surface area contributed by atoms with Gasteiger partial charge in [-0.15, -0.1) is 0 Å². The number of carbonyl (C=O) groups is 1. The Kier molecular flexibility index (Phi) is 6.45. The first-order chi connectivity index (χ1) is 12.3. The lowest BCUT2D eigenvalue weighted by molar-refractivity contribution is 0.230. The molecule has 0 aliphatic rings. The largest absolute Gasteiger partial charge is 0.497 e. The molecule has 0 aliphatic heterocycles. The Morgan fingerprint density at radius 1 is 1.15 bits per heavy atom. The molecule has 2 aromatic carbocycles. The van der Waals surface area contributed by atoms with Crippen LogP contribution in [0, 0.1) is 0 Å². The highest BCUT2D eigenvalue weighted by Crippen LogP contribution is 2.23. The van der Waals surface area contributed by atoms with Gasteiger partial charge >= 0.3 is 6.03 Å². The molecule has 0 aliphatic carbocycles. The van der Waals surface area contributed by atoms with E-state index in [9.17, 15) is 4.79 Å². The zero-order chi connectivity index (χ0) is 19.2. The lowest BCUT2D eigenvalue weighted by Gasteiger charge is -2.27. The lowest BCUT2D eigenvalue weighted by Crippen LogP contribution is -2.46. The minimum absolute atomic E-state index is 0.182. The number of allylic oxidation sites excluding steroid dienone is 1. The molecule has 0 radical (unpaired) electrons. The van der Waals surface area contributed by atoms with E-state index >= 15 is 0 Å². The van der Waals surface area contributed by atoms with Crippen molar-refractivity contribution in [1.82, 2.24) is 10.6 Å². The van der Waals surface area contributed by atoms with Crippen LogP contribution in [0.1, 0.15) is 37.5 Å². The van der Waals surface area contributed by atoms with Gasteiger partial charge in [0.2, 0.25) is 0 Å². The summed E-state index contributed by atoms with van der Waals surface area (Å²) in [7, 11) is 1.65. The summed E-state index contributed by atoms with van der Waals surface area (Å²) in [6.07, 6.45) is 0.746. The highest BCUT2D eigenvalue weighted by atomic mass is 16.5. The molecule has 0 bridgehead atoms. The summed E-state index contributed by atoms with van der Waals surface area (Å²) in [4.78, 5) is 12.3. The second-order valence-electron chi connectivity index (χ2n) is 6.97. The first-order valence-electron chi connectivity index (χ1n) is 8.77. The maximum Gasteiger partial charge on any atom is 0.315 e. The summed E-state index contributed by atoms with van der Waals surface area (Å²) < 4.78 is 5.22. The van der Waals surface area contributed by atoms with Crippen LogP contribution in [0.3, 0.4) is 0 Å². The fourth-order valence-electron chi connectivity index (χ4n) is 2.72. The van der Waals surface area contributed by atoms with Crippen LogP contribution in [0.5, 0.6) is 5.75 Å². The van der Waals surface area contributed by atoms with Gasteiger partial charge in [-0.25, -0.2) is 4.79 Å². The predicted octanol–water partition coefficient (Wildman–Crippen LogP) is 4.51. The maximum atomic E-state index is 12.3. The van der Waals surface area contributed by atoms with Crippen LogP contribution in [0.25, 0.3) is 5.57 Å². The van der Waals surface area contributed by atoms with E-state index in [0.717, 1.165) is 34.4 Å². The molecule has 4 nitrogen and oxygen atoms in total. The summed E-state index contributed by atoms with van der Waals surface area (Å²) in [5, 5.41) is 5.97. The van der Waals surface area contributed by atoms with Crippen molar-refractivity contribution in [2.24, 2.45) is 0 Å². The molecule has 0 atom stereocenters. The zero-order valence-corrected chi connectivity index (χ0v) is 16.1. The highest BCUT2D eigenvalue weighted by Gasteiger charge is 2.23. The quantitative estimate of drug-likeness (QED) is 0.770. The number of urea groups is 1. The van der Waals surface area contributed by atoms with Crippen molar-refractivity contribution in [3.8, 4) is 5.75 Å². The van der Waals surface area contributed by atoms with Crippen molar-refractivity contribution < 1.29 is 9.53 Å². The molecule has 2 N–H and O–H groups in total. The molecule has 26 heavy (non-hydrogen) atoms. The molecule has 0 aromatic heterocycles. The van der Waals surface area contributed by atoms with E-state index in [0.29, 0.717) is 6.54 Å². The van der Waals surface area contributed by atoms with Gasteiger partial charge in [0.25, 0.3) is 0 Å². The minimum Gasteiger partial charge on any atom is -0.497 e. The first-order valence-corrected chi connectivity index (χ1v) is 8.77. The van der Waals surface area contributed by atoms with Crippen molar-refractivity contribution in [3.63, 3.8) is 0 Å². The average molecular weight is 352 g/mol. The van der Waals surface area contributed by atoms with Crippen molar-refractivity contribution in [1.29, 1.82) is 0 Å². The molecule has 0 unspecified atom stereocenters. The number of methoxy groups -OCH3 is 1. The van der Waals surface area contributed by atoms with E-state index in [-0.39, 0.29) is 6.03 Å². The first kappa shape index (κ1) is 19.6. The van der Waals surface area contributed by atoms with E-state index in [1.807, 2.05) is 63.2 Å². The molecule has 4 heteroatoms. The molecule has 0 saturated heterocycles. The zero-order valence-electron chi connectivity index (χ0n) is 16.1. The number of carbonyl (C=O) groups excluding carboxylic acids is 1. The molecule has 0 saturated carbocycles. The van der Waals surface area contributed by atoms with Gasteiger partial charge in [0.1, 0.15) is 5.75 Å². The van der Waals surface area contributed by atoms with Crippen LogP contribution in [0.2, 0.25) is 0 Å². The highest BCUT2D eigenvalue weighted by molar-refractivity contribution is 5.75. The van der Waals surface area contributed by atoms with Gasteiger partial charge in [-0.2, -0.15) is 0 Å². The minimum atomic E-state index is -0.481. The molecule has 2 rings (SSSR count). The molecule has 2 aromatic rings. The maximum absolute atomic E-state index is 12.3. The molecule has 2 amide bonds. The van der Waals surface area contributed by atoms with E-state index in [1.165, 1.54) is 0 Å². The van der Waals surface area contributed by atoms with Crippen molar-refractivity contribution >= 4 is 11.6 Å². The van der Waals surface area contributed by atoms with Gasteiger partial charge in [0, 0.05) is 6.54 Å². The molecule has 138 valence electrons. The van der Waals surface area contributed by atoms with Gasteiger partial charge in [0.05, 0.1) is 12.6 Å². The fraction of sp³-hybridized carbons (Fsp3) is 0.318. The van der Waals surface area contributed by atoms with Crippen LogP contribution in [0.15, 0.2) is 55.1 Å². The Labute approximate surface area is 156 Å². The third-order valence-electron chi connectivity index (χ3n) is 4.34. The third-order valence-corrected chi connectivity index (χ3v) is 4.34. The topological polar surface area (TPSA) is 50.4 Å². The number of benzene rings is 2. The van der Waals surface area contributed by atoms with Crippen molar-refractivity contribution in [3.05, 3.63) is 71.8 Å². The average Bonchev–Trinajstić information content (AvgIpc) is 2.61. The van der Waals surface area contributed by atoms with Crippen LogP contribution in [-0.2, 0) is 12.0 Å². The number of amides is 2. The van der Waals surface area contributed by atoms with Gasteiger partial charge < -0.3 is 15.4 Å². The lowest BCUT2D eigenvalue weighted by atomic mass is 9.92. The van der Waals surface area contributed by atoms with Crippen molar-refractivity contribution in [2.75, 3.05) is 13.7 Å². The fourth-order valence-corrected chi connectivity index (χ4v) is 2.72. The smallest absolute Gasteiger partial charge is 0.315 e. The normalized spacial score (nSPS) is 10.9. The summed E-state index contributed by atoms with van der Waals surface area (Å²) in [5.41, 5.74) is 3.77. The number of nitrogens with one attached hydrogen (secondary N) is 2. The molecule has 0 heterocycles. The Bertz CT molecular complexity index is 781. The summed E-state index contributed by atoms with van der Waals surface area (Å²) in [6.45, 7) is 10.5. The molecule has 0 spiro atoms. The van der Waals surface area contributed by atoms with Crippen LogP contribution >= 0.6 is 0 Å². The van der Waals surface area contributed by atoms with E-state index in [2.05, 4.69) is 23.3 Å². The van der Waals surface area contributed by atoms with Gasteiger partial charge in [-0.3, -0.25) is 0 Å². The Morgan fingerprint density at radius 3 is 2.58 bits per heavy atom. The third kappa shape index (κ3) is 5.38. The van der Waals surface area contributed by atoms with E-state index in [1.54, 1.807) is 7.11 Å². The second kappa shape index (κ2) is 8.56. The Hall–Kier alpha value is -2.75. The molecular weight excluding hydrogens is 324 g/mol. The second-order valence-corrected chi connectivity index (χ2v) is 6.97. The van der Waals surface area contributed by atoms with E-state index in [4.69, 9.17) is 4.74 Å². The summed E-state index contributed by atoms with van der Waals surface area (Å²) >= 11 is 0. The number of hydrogen-bond donors (Lipinski definition) is 2. The monoisotopic (exact) mass is 352 g/mol. The Balaban J connectivity index is 1.91. The number of ether oxygens (including phenoxy) is 1. The molecular formula is C22H28N2O2. The number of rotatable bonds is 7. The number of hydrogen-bond acceptors (Lipinski definition) is 2. The summed E-state index contributed by atoms with van der Waals surface area (Å²) in [5.74, 6) is 0.825. The predicted molar refractivity (Wildman–Crippen MR) is 107 cm³/mol. The van der Waals surface area contributed by atoms with Crippen molar-refractivity contribution in [2.45, 2.75) is 32.7 Å². The Morgan fingerprint density at radius 2 is 1.88 bits per heavy atom. The standard InChI is InChI=1S/C22H28N2O2/c1-16(2)18-9-7-10-19(15-18)22(3,4)24-21(25)23-13-12-17-8-6-11-20(14-17)26-5/h6-11,14-15H,1,12-13H2,2-5H3,(H2,23,24,25). The van der Waals surface area contributed by atoms with Gasteiger partial charge in [0.15, 0.2) is 0 Å². The summed E-state index contributed by atoms with van der Waals surface area (Å²) in [6, 6.07) is 15.8.